The van der Waals surface area contributed by atoms with Crippen molar-refractivity contribution in [3.8, 4) is 12.8 Å². The molecule has 4 aliphatic carbocycles. The molecule has 3 nitrogen and oxygen atoms in total. The second-order valence-corrected chi connectivity index (χ2v) is 13.2. The molecule has 240 valence electrons. The van der Waals surface area contributed by atoms with Crippen molar-refractivity contribution >= 4 is 0 Å². The summed E-state index contributed by atoms with van der Waals surface area (Å²) in [7, 11) is 1.99. The van der Waals surface area contributed by atoms with E-state index < -0.39 is 0 Å². The van der Waals surface area contributed by atoms with Crippen molar-refractivity contribution in [1.29, 1.82) is 0 Å². The molecule has 0 saturated heterocycles. The van der Waals surface area contributed by atoms with E-state index in [0.717, 1.165) is 66.8 Å². The molecule has 0 aromatic heterocycles. The normalized spacial score (nSPS) is 33.3. The first-order valence-electron chi connectivity index (χ1n) is 17.5. The Bertz CT molecular complexity index is 699. The third-order valence-corrected chi connectivity index (χ3v) is 11.3. The maximum Gasteiger partial charge on any atom is 0.0348 e. The zero-order chi connectivity index (χ0) is 31.3. The van der Waals surface area contributed by atoms with E-state index in [9.17, 15) is 0 Å². The van der Waals surface area contributed by atoms with Crippen molar-refractivity contribution in [2.45, 2.75) is 138 Å². The smallest absolute Gasteiger partial charge is 0.0348 e. The highest BCUT2D eigenvalue weighted by Crippen LogP contribution is 2.67. The molecule has 0 aliphatic heterocycles. The number of hydrogen-bond donors (Lipinski definition) is 3. The average Bonchev–Trinajstić information content (AvgIpc) is 3.37. The zero-order valence-electron chi connectivity index (χ0n) is 28.8. The van der Waals surface area contributed by atoms with E-state index in [1.54, 1.807) is 51.4 Å². The predicted octanol–water partition coefficient (Wildman–Crippen LogP) is 9.74. The molecule has 41 heavy (non-hydrogen) atoms. The van der Waals surface area contributed by atoms with Crippen LogP contribution in [0.4, 0.5) is 0 Å². The maximum absolute atomic E-state index is 5.79. The minimum atomic E-state index is 0.716. The second-order valence-electron chi connectivity index (χ2n) is 13.2. The van der Waals surface area contributed by atoms with Crippen molar-refractivity contribution in [1.82, 2.24) is 10.6 Å². The van der Waals surface area contributed by atoms with Gasteiger partial charge in [-0.1, -0.05) is 73.3 Å². The van der Waals surface area contributed by atoms with Crippen LogP contribution in [0.5, 0.6) is 0 Å². The van der Waals surface area contributed by atoms with Crippen LogP contribution in [0.2, 0.25) is 0 Å². The Balaban J connectivity index is 0.000000703. The van der Waals surface area contributed by atoms with Gasteiger partial charge in [-0.15, -0.1) is 26.0 Å². The zero-order valence-corrected chi connectivity index (χ0v) is 28.8. The van der Waals surface area contributed by atoms with Crippen LogP contribution in [0.1, 0.15) is 138 Å². The van der Waals surface area contributed by atoms with Crippen molar-refractivity contribution in [2.24, 2.45) is 46.2 Å². The van der Waals surface area contributed by atoms with Crippen LogP contribution in [0.3, 0.4) is 0 Å². The number of fused-ring (bicyclic) bond motifs is 5. The van der Waals surface area contributed by atoms with Gasteiger partial charge >= 0.3 is 0 Å². The monoisotopic (exact) mass is 572 g/mol. The lowest BCUT2D eigenvalue weighted by atomic mass is 9.45. The molecular weight excluding hydrogens is 498 g/mol. The van der Waals surface area contributed by atoms with E-state index in [1.165, 1.54) is 38.5 Å². The third-order valence-electron chi connectivity index (χ3n) is 11.3. The average molecular weight is 572 g/mol. The summed E-state index contributed by atoms with van der Waals surface area (Å²) in [4.78, 5) is 0. The molecule has 3 heteroatoms. The molecule has 4 rings (SSSR count). The number of hydrogen-bond acceptors (Lipinski definition) is 3. The Morgan fingerprint density at radius 3 is 2.17 bits per heavy atom. The van der Waals surface area contributed by atoms with Gasteiger partial charge in [-0.05, 0) is 131 Å². The first-order chi connectivity index (χ1) is 19.9. The number of rotatable bonds is 10. The van der Waals surface area contributed by atoms with Crippen LogP contribution in [-0.2, 0) is 0 Å². The van der Waals surface area contributed by atoms with E-state index in [1.807, 2.05) is 20.9 Å². The van der Waals surface area contributed by atoms with Gasteiger partial charge in [0.05, 0.1) is 0 Å². The summed E-state index contributed by atoms with van der Waals surface area (Å²) >= 11 is 0. The number of nitrogens with two attached hydrogens (primary N) is 1. The van der Waals surface area contributed by atoms with E-state index in [2.05, 4.69) is 70.4 Å². The quantitative estimate of drug-likeness (QED) is 0.139. The fourth-order valence-electron chi connectivity index (χ4n) is 9.26. The Hall–Kier alpha value is -1.24. The lowest BCUT2D eigenvalue weighted by Crippen LogP contribution is -2.52. The van der Waals surface area contributed by atoms with E-state index >= 15 is 0 Å². The molecular formula is C38H73N3. The van der Waals surface area contributed by atoms with Crippen LogP contribution in [0.15, 0.2) is 24.9 Å². The second kappa shape index (κ2) is 22.3. The van der Waals surface area contributed by atoms with Crippen LogP contribution in [0.25, 0.3) is 0 Å². The van der Waals surface area contributed by atoms with Gasteiger partial charge in [0.25, 0.3) is 0 Å². The highest BCUT2D eigenvalue weighted by molar-refractivity contribution is 5.08. The van der Waals surface area contributed by atoms with Gasteiger partial charge in [-0.2, -0.15) is 0 Å². The molecule has 0 aromatic rings. The Morgan fingerprint density at radius 1 is 0.878 bits per heavy atom. The van der Waals surface area contributed by atoms with Gasteiger partial charge in [0, 0.05) is 12.2 Å². The van der Waals surface area contributed by atoms with Gasteiger partial charge in [0.15, 0.2) is 0 Å². The van der Waals surface area contributed by atoms with Crippen LogP contribution in [0, 0.1) is 53.3 Å². The molecule has 0 radical (unpaired) electrons. The van der Waals surface area contributed by atoms with Crippen LogP contribution < -0.4 is 16.4 Å². The number of terminal acetylenes is 1. The standard InChI is InChI=1S/C21H36.C11H25N3.C2H6.C2H4.C2H2/c1-4-15-9-11-18-17-10-8-16-7-5-6-13-20(16,2)19(17)12-14-21(15,18)3;1-3-4-7-11(12)10-14-9-6-5-8-13-2;3*1-2/h15-19H,4-14H2,1-3H3;7,13-14H,3-6,8-10,12H2,1-2H3;1-2H3;1-2H2;1-2H/b;11-7-;;;. The van der Waals surface area contributed by atoms with Crippen molar-refractivity contribution < 1.29 is 0 Å². The minimum absolute atomic E-state index is 0.716. The maximum atomic E-state index is 5.79. The molecule has 4 fully saturated rings. The summed E-state index contributed by atoms with van der Waals surface area (Å²) < 4.78 is 0. The topological polar surface area (TPSA) is 50.1 Å². The van der Waals surface area contributed by atoms with E-state index in [-0.39, 0.29) is 0 Å². The first kappa shape index (κ1) is 39.8. The molecule has 0 aromatic carbocycles. The van der Waals surface area contributed by atoms with Gasteiger partial charge in [-0.3, -0.25) is 0 Å². The summed E-state index contributed by atoms with van der Waals surface area (Å²) in [5, 5.41) is 6.46. The highest BCUT2D eigenvalue weighted by Gasteiger charge is 2.59. The van der Waals surface area contributed by atoms with Crippen LogP contribution in [-0.4, -0.2) is 26.7 Å². The first-order valence-corrected chi connectivity index (χ1v) is 17.5. The van der Waals surface area contributed by atoms with Crippen molar-refractivity contribution in [3.05, 3.63) is 24.9 Å². The highest BCUT2D eigenvalue weighted by atomic mass is 14.9. The van der Waals surface area contributed by atoms with Crippen molar-refractivity contribution in [2.75, 3.05) is 26.7 Å². The Labute approximate surface area is 258 Å². The van der Waals surface area contributed by atoms with E-state index in [4.69, 9.17) is 5.73 Å². The molecule has 7 unspecified atom stereocenters. The van der Waals surface area contributed by atoms with Crippen LogP contribution >= 0.6 is 0 Å². The van der Waals surface area contributed by atoms with Crippen molar-refractivity contribution in [3.63, 3.8) is 0 Å². The Morgan fingerprint density at radius 2 is 1.54 bits per heavy atom. The summed E-state index contributed by atoms with van der Waals surface area (Å²) in [5.74, 6) is 5.39. The van der Waals surface area contributed by atoms with E-state index in [0.29, 0.717) is 5.41 Å². The van der Waals surface area contributed by atoms with Gasteiger partial charge in [0.1, 0.15) is 0 Å². The summed E-state index contributed by atoms with van der Waals surface area (Å²) in [6.07, 6.45) is 31.8. The Kier molecular flexibility index (Phi) is 21.6. The molecule has 0 spiro atoms. The molecule has 7 atom stereocenters. The molecule has 4 aliphatic rings. The summed E-state index contributed by atoms with van der Waals surface area (Å²) in [6.45, 7) is 23.0. The van der Waals surface area contributed by atoms with Gasteiger partial charge < -0.3 is 16.4 Å². The molecule has 4 saturated carbocycles. The summed E-state index contributed by atoms with van der Waals surface area (Å²) in [6, 6.07) is 0. The number of allylic oxidation sites excluding steroid dienone is 1. The molecule has 0 bridgehead atoms. The molecule has 4 N–H and O–H groups in total. The molecule has 0 amide bonds. The summed E-state index contributed by atoms with van der Waals surface area (Å²) in [5.41, 5.74) is 8.20. The predicted molar refractivity (Wildman–Crippen MR) is 186 cm³/mol. The lowest BCUT2D eigenvalue weighted by Gasteiger charge is -2.60. The third kappa shape index (κ3) is 11.1. The fourth-order valence-corrected chi connectivity index (χ4v) is 9.26. The number of nitrogens with one attached hydrogen (secondary N) is 2. The number of unbranched alkanes of at least 4 members (excludes halogenated alkanes) is 2. The lowest BCUT2D eigenvalue weighted by molar-refractivity contribution is -0.110. The fraction of sp³-hybridized carbons (Fsp3) is 0.842. The minimum Gasteiger partial charge on any atom is -0.401 e. The van der Waals surface area contributed by atoms with Gasteiger partial charge in [0.2, 0.25) is 0 Å². The van der Waals surface area contributed by atoms with Gasteiger partial charge in [-0.25, -0.2) is 0 Å². The SMILES string of the molecule is C#C.C=C.CC.CCC/C=C(\N)CNCCCCNC.CCC1CCC2C3CCC4CCCCC4(C)C3CCC12C. The molecule has 0 heterocycles. The largest absolute Gasteiger partial charge is 0.401 e.